The predicted octanol–water partition coefficient (Wildman–Crippen LogP) is 0.232. The van der Waals surface area contributed by atoms with Gasteiger partial charge in [0.2, 0.25) is 5.91 Å². The highest BCUT2D eigenvalue weighted by Gasteiger charge is 2.33. The standard InChI is InChI=1S/C11H20N2O2/c1-8(2)13-6-9-5-12-4-3-10(9)15-7-11(13)14/h8-10,12H,3-7H2,1-2H3/t9-,10+/m1/s1. The molecule has 0 aromatic rings. The summed E-state index contributed by atoms with van der Waals surface area (Å²) in [6.45, 7) is 7.22. The summed E-state index contributed by atoms with van der Waals surface area (Å²) in [7, 11) is 0. The average molecular weight is 212 g/mol. The zero-order valence-corrected chi connectivity index (χ0v) is 9.53. The maximum atomic E-state index is 11.8. The Morgan fingerprint density at radius 1 is 1.53 bits per heavy atom. The Bertz CT molecular complexity index is 243. The van der Waals surface area contributed by atoms with Crippen LogP contribution in [0.1, 0.15) is 20.3 Å². The number of carbonyl (C=O) groups is 1. The van der Waals surface area contributed by atoms with E-state index in [1.807, 2.05) is 4.90 Å². The van der Waals surface area contributed by atoms with Gasteiger partial charge in [-0.2, -0.15) is 0 Å². The molecule has 2 atom stereocenters. The number of nitrogens with zero attached hydrogens (tertiary/aromatic N) is 1. The molecule has 2 heterocycles. The maximum Gasteiger partial charge on any atom is 0.248 e. The second-order valence-corrected chi connectivity index (χ2v) is 4.74. The van der Waals surface area contributed by atoms with Crippen molar-refractivity contribution in [2.45, 2.75) is 32.4 Å². The molecule has 4 heteroatoms. The van der Waals surface area contributed by atoms with E-state index in [-0.39, 0.29) is 24.7 Å². The lowest BCUT2D eigenvalue weighted by atomic mass is 9.95. The van der Waals surface area contributed by atoms with E-state index in [0.29, 0.717) is 5.92 Å². The van der Waals surface area contributed by atoms with Crippen LogP contribution in [0.4, 0.5) is 0 Å². The number of nitrogens with one attached hydrogen (secondary N) is 1. The van der Waals surface area contributed by atoms with Crippen LogP contribution < -0.4 is 5.32 Å². The van der Waals surface area contributed by atoms with E-state index in [0.717, 1.165) is 26.1 Å². The molecule has 2 saturated heterocycles. The van der Waals surface area contributed by atoms with Gasteiger partial charge in [0.1, 0.15) is 6.61 Å². The summed E-state index contributed by atoms with van der Waals surface area (Å²) in [4.78, 5) is 13.7. The molecule has 0 aromatic carbocycles. The fourth-order valence-corrected chi connectivity index (χ4v) is 2.41. The van der Waals surface area contributed by atoms with Crippen molar-refractivity contribution in [1.29, 1.82) is 0 Å². The minimum Gasteiger partial charge on any atom is -0.368 e. The van der Waals surface area contributed by atoms with Gasteiger partial charge in [0.25, 0.3) is 0 Å². The first kappa shape index (κ1) is 10.9. The Hall–Kier alpha value is -0.610. The number of fused-ring (bicyclic) bond motifs is 1. The second-order valence-electron chi connectivity index (χ2n) is 4.74. The Morgan fingerprint density at radius 2 is 2.33 bits per heavy atom. The first-order chi connectivity index (χ1) is 7.18. The third-order valence-electron chi connectivity index (χ3n) is 3.33. The smallest absolute Gasteiger partial charge is 0.248 e. The monoisotopic (exact) mass is 212 g/mol. The molecular formula is C11H20N2O2. The number of amides is 1. The van der Waals surface area contributed by atoms with Crippen molar-refractivity contribution < 1.29 is 9.53 Å². The SMILES string of the molecule is CC(C)N1C[C@H]2CNCC[C@@H]2OCC1=O. The highest BCUT2D eigenvalue weighted by Crippen LogP contribution is 2.21. The highest BCUT2D eigenvalue weighted by atomic mass is 16.5. The molecule has 2 rings (SSSR count). The number of carbonyl (C=O) groups excluding carboxylic acids is 1. The van der Waals surface area contributed by atoms with E-state index < -0.39 is 0 Å². The van der Waals surface area contributed by atoms with Crippen molar-refractivity contribution in [2.24, 2.45) is 5.92 Å². The molecule has 1 N–H and O–H groups in total. The van der Waals surface area contributed by atoms with Gasteiger partial charge in [0.15, 0.2) is 0 Å². The van der Waals surface area contributed by atoms with Crippen molar-refractivity contribution in [1.82, 2.24) is 10.2 Å². The van der Waals surface area contributed by atoms with Crippen LogP contribution in [0.15, 0.2) is 0 Å². The van der Waals surface area contributed by atoms with Crippen molar-refractivity contribution >= 4 is 5.91 Å². The summed E-state index contributed by atoms with van der Waals surface area (Å²) in [6, 6.07) is 0.279. The van der Waals surface area contributed by atoms with Crippen LogP contribution in [-0.4, -0.2) is 49.2 Å². The molecule has 15 heavy (non-hydrogen) atoms. The summed E-state index contributed by atoms with van der Waals surface area (Å²) >= 11 is 0. The van der Waals surface area contributed by atoms with Gasteiger partial charge in [0.05, 0.1) is 6.10 Å². The molecule has 0 aliphatic carbocycles. The van der Waals surface area contributed by atoms with Crippen LogP contribution in [0.3, 0.4) is 0 Å². The second kappa shape index (κ2) is 4.49. The summed E-state index contributed by atoms with van der Waals surface area (Å²) in [6.07, 6.45) is 1.31. The van der Waals surface area contributed by atoms with Crippen LogP contribution in [-0.2, 0) is 9.53 Å². The number of hydrogen-bond acceptors (Lipinski definition) is 3. The topological polar surface area (TPSA) is 41.6 Å². The van der Waals surface area contributed by atoms with E-state index in [1.165, 1.54) is 0 Å². The number of ether oxygens (including phenoxy) is 1. The highest BCUT2D eigenvalue weighted by molar-refractivity contribution is 5.78. The Morgan fingerprint density at radius 3 is 3.07 bits per heavy atom. The Kier molecular flexibility index (Phi) is 3.26. The van der Waals surface area contributed by atoms with Crippen molar-refractivity contribution in [2.75, 3.05) is 26.2 Å². The molecule has 2 fully saturated rings. The largest absolute Gasteiger partial charge is 0.368 e. The first-order valence-electron chi connectivity index (χ1n) is 5.80. The lowest BCUT2D eigenvalue weighted by Gasteiger charge is -2.33. The zero-order valence-electron chi connectivity index (χ0n) is 9.53. The van der Waals surface area contributed by atoms with Crippen molar-refractivity contribution in [3.8, 4) is 0 Å². The molecule has 0 aromatic heterocycles. The van der Waals surface area contributed by atoms with Crippen molar-refractivity contribution in [3.63, 3.8) is 0 Å². The number of piperidine rings is 1. The third-order valence-corrected chi connectivity index (χ3v) is 3.33. The van der Waals surface area contributed by atoms with Crippen LogP contribution in [0.25, 0.3) is 0 Å². The predicted molar refractivity (Wildman–Crippen MR) is 57.6 cm³/mol. The minimum absolute atomic E-state index is 0.138. The van der Waals surface area contributed by atoms with Crippen LogP contribution in [0.5, 0.6) is 0 Å². The molecule has 2 aliphatic heterocycles. The normalized spacial score (nSPS) is 32.7. The lowest BCUT2D eigenvalue weighted by Crippen LogP contribution is -2.46. The van der Waals surface area contributed by atoms with Gasteiger partial charge in [-0.25, -0.2) is 0 Å². The van der Waals surface area contributed by atoms with Crippen LogP contribution in [0, 0.1) is 5.92 Å². The summed E-state index contributed by atoms with van der Waals surface area (Å²) in [5.41, 5.74) is 0. The fraction of sp³-hybridized carbons (Fsp3) is 0.909. The summed E-state index contributed by atoms with van der Waals surface area (Å²) in [5.74, 6) is 0.604. The Balaban J connectivity index is 2.07. The molecule has 0 unspecified atom stereocenters. The molecule has 1 amide bonds. The van der Waals surface area contributed by atoms with Crippen molar-refractivity contribution in [3.05, 3.63) is 0 Å². The number of rotatable bonds is 1. The molecule has 86 valence electrons. The molecular weight excluding hydrogens is 192 g/mol. The van der Waals surface area contributed by atoms with Gasteiger partial charge in [-0.3, -0.25) is 4.79 Å². The quantitative estimate of drug-likeness (QED) is 0.676. The van der Waals surface area contributed by atoms with E-state index in [2.05, 4.69) is 19.2 Å². The van der Waals surface area contributed by atoms with E-state index in [9.17, 15) is 4.79 Å². The van der Waals surface area contributed by atoms with Crippen LogP contribution in [0.2, 0.25) is 0 Å². The van der Waals surface area contributed by atoms with E-state index in [4.69, 9.17) is 4.74 Å². The van der Waals surface area contributed by atoms with Gasteiger partial charge in [0, 0.05) is 25.0 Å². The minimum atomic E-state index is 0.138. The van der Waals surface area contributed by atoms with Crippen LogP contribution >= 0.6 is 0 Å². The summed E-state index contributed by atoms with van der Waals surface area (Å²) < 4.78 is 5.67. The molecule has 0 bridgehead atoms. The average Bonchev–Trinajstić information content (AvgIpc) is 2.39. The van der Waals surface area contributed by atoms with E-state index >= 15 is 0 Å². The Labute approximate surface area is 91.0 Å². The summed E-state index contributed by atoms with van der Waals surface area (Å²) in [5, 5.41) is 3.37. The van der Waals surface area contributed by atoms with Gasteiger partial charge in [-0.05, 0) is 26.8 Å². The third kappa shape index (κ3) is 2.32. The molecule has 2 aliphatic rings. The fourth-order valence-electron chi connectivity index (χ4n) is 2.41. The van der Waals surface area contributed by atoms with Gasteiger partial charge < -0.3 is 15.0 Å². The zero-order chi connectivity index (χ0) is 10.8. The molecule has 0 spiro atoms. The molecule has 4 nitrogen and oxygen atoms in total. The molecule has 0 saturated carbocycles. The lowest BCUT2D eigenvalue weighted by molar-refractivity contribution is -0.136. The molecule has 0 radical (unpaired) electrons. The van der Waals surface area contributed by atoms with Gasteiger partial charge >= 0.3 is 0 Å². The maximum absolute atomic E-state index is 11.8. The van der Waals surface area contributed by atoms with Gasteiger partial charge in [-0.15, -0.1) is 0 Å². The van der Waals surface area contributed by atoms with E-state index in [1.54, 1.807) is 0 Å². The van der Waals surface area contributed by atoms with Gasteiger partial charge in [-0.1, -0.05) is 0 Å². The number of hydrogen-bond donors (Lipinski definition) is 1. The first-order valence-corrected chi connectivity index (χ1v) is 5.80.